The maximum absolute atomic E-state index is 13.4. The molecule has 2 aromatic carbocycles. The summed E-state index contributed by atoms with van der Waals surface area (Å²) >= 11 is 1.65. The average molecular weight is 323 g/mol. The minimum atomic E-state index is -3.56. The van der Waals surface area contributed by atoms with E-state index in [0.717, 1.165) is 28.3 Å². The van der Waals surface area contributed by atoms with Crippen molar-refractivity contribution in [1.29, 1.82) is 0 Å². The molecule has 1 aliphatic rings. The Morgan fingerprint density at radius 1 is 1.24 bits per heavy atom. The van der Waals surface area contributed by atoms with Gasteiger partial charge in [-0.3, -0.25) is 0 Å². The highest BCUT2D eigenvalue weighted by Gasteiger charge is 2.29. The van der Waals surface area contributed by atoms with Crippen LogP contribution in [0.25, 0.3) is 0 Å². The largest absolute Gasteiger partial charge is 0.399 e. The summed E-state index contributed by atoms with van der Waals surface area (Å²) in [5.74, 6) is -0.000945. The summed E-state index contributed by atoms with van der Waals surface area (Å²) < 4.78 is 38.3. The number of halogens is 1. The van der Waals surface area contributed by atoms with Gasteiger partial charge in [-0.25, -0.2) is 12.8 Å². The summed E-state index contributed by atoms with van der Waals surface area (Å²) in [5.41, 5.74) is 6.70. The molecule has 3 nitrogen and oxygen atoms in total. The van der Waals surface area contributed by atoms with E-state index in [0.29, 0.717) is 0 Å². The SMILES string of the molecule is Nc1cc(F)cc(S(=O)(=O)CC2CSc3ccccc32)c1. The van der Waals surface area contributed by atoms with Gasteiger partial charge in [0.1, 0.15) is 5.82 Å². The van der Waals surface area contributed by atoms with E-state index < -0.39 is 15.7 Å². The number of sulfone groups is 1. The second-order valence-corrected chi connectivity index (χ2v) is 8.14. The van der Waals surface area contributed by atoms with Crippen molar-refractivity contribution < 1.29 is 12.8 Å². The Kier molecular flexibility index (Phi) is 3.67. The normalized spacial score (nSPS) is 17.7. The number of anilines is 1. The summed E-state index contributed by atoms with van der Waals surface area (Å²) in [4.78, 5) is 1.07. The summed E-state index contributed by atoms with van der Waals surface area (Å²) in [6.45, 7) is 0. The van der Waals surface area contributed by atoms with Crippen LogP contribution in [-0.2, 0) is 9.84 Å². The molecule has 1 heterocycles. The predicted molar refractivity (Wildman–Crippen MR) is 82.8 cm³/mol. The van der Waals surface area contributed by atoms with E-state index in [2.05, 4.69) is 0 Å². The first-order chi connectivity index (χ1) is 9.95. The van der Waals surface area contributed by atoms with Gasteiger partial charge < -0.3 is 5.73 Å². The Hall–Kier alpha value is -1.53. The van der Waals surface area contributed by atoms with Crippen LogP contribution in [0.1, 0.15) is 11.5 Å². The highest BCUT2D eigenvalue weighted by Crippen LogP contribution is 2.40. The molecule has 0 spiro atoms. The minimum Gasteiger partial charge on any atom is -0.399 e. The van der Waals surface area contributed by atoms with Crippen molar-refractivity contribution >= 4 is 27.3 Å². The van der Waals surface area contributed by atoms with Crippen molar-refractivity contribution in [2.24, 2.45) is 0 Å². The zero-order chi connectivity index (χ0) is 15.0. The van der Waals surface area contributed by atoms with Crippen LogP contribution >= 0.6 is 11.8 Å². The third-order valence-corrected chi connectivity index (χ3v) is 6.52. The van der Waals surface area contributed by atoms with Crippen molar-refractivity contribution in [2.75, 3.05) is 17.2 Å². The van der Waals surface area contributed by atoms with Crippen LogP contribution in [0.4, 0.5) is 10.1 Å². The van der Waals surface area contributed by atoms with Gasteiger partial charge in [-0.05, 0) is 29.8 Å². The predicted octanol–water partition coefficient (Wildman–Crippen LogP) is 3.07. The van der Waals surface area contributed by atoms with E-state index in [-0.39, 0.29) is 22.3 Å². The van der Waals surface area contributed by atoms with Gasteiger partial charge in [0.2, 0.25) is 0 Å². The number of hydrogen-bond donors (Lipinski definition) is 1. The minimum absolute atomic E-state index is 0.0279. The Morgan fingerprint density at radius 3 is 2.76 bits per heavy atom. The molecule has 1 atom stereocenters. The average Bonchev–Trinajstić information content (AvgIpc) is 2.81. The molecule has 0 aliphatic carbocycles. The molecule has 0 saturated heterocycles. The highest BCUT2D eigenvalue weighted by molar-refractivity contribution is 7.99. The molecule has 21 heavy (non-hydrogen) atoms. The van der Waals surface area contributed by atoms with E-state index in [4.69, 9.17) is 5.73 Å². The maximum atomic E-state index is 13.4. The van der Waals surface area contributed by atoms with Crippen molar-refractivity contribution in [3.05, 3.63) is 53.8 Å². The molecule has 110 valence electrons. The molecule has 3 rings (SSSR count). The molecule has 1 unspecified atom stereocenters. The van der Waals surface area contributed by atoms with Gasteiger partial charge in [0, 0.05) is 22.3 Å². The first-order valence-corrected chi connectivity index (χ1v) is 9.10. The Bertz CT molecular complexity index is 770. The number of rotatable bonds is 3. The van der Waals surface area contributed by atoms with E-state index in [9.17, 15) is 12.8 Å². The lowest BCUT2D eigenvalue weighted by molar-refractivity contribution is 0.586. The molecule has 0 amide bonds. The number of benzene rings is 2. The Balaban J connectivity index is 1.91. The van der Waals surface area contributed by atoms with Crippen LogP contribution in [0.2, 0.25) is 0 Å². The van der Waals surface area contributed by atoms with Gasteiger partial charge in [0.15, 0.2) is 9.84 Å². The fourth-order valence-electron chi connectivity index (χ4n) is 2.49. The standard InChI is InChI=1S/C15H14FNO2S2/c16-11-5-12(17)7-13(6-11)21(18,19)9-10-8-20-15-4-2-1-3-14(10)15/h1-7,10H,8-9,17H2. The van der Waals surface area contributed by atoms with Gasteiger partial charge >= 0.3 is 0 Å². The Labute approximate surface area is 127 Å². The molecule has 1 aliphatic heterocycles. The van der Waals surface area contributed by atoms with Crippen LogP contribution in [-0.4, -0.2) is 19.9 Å². The van der Waals surface area contributed by atoms with Crippen molar-refractivity contribution in [3.8, 4) is 0 Å². The van der Waals surface area contributed by atoms with Gasteiger partial charge in [-0.15, -0.1) is 11.8 Å². The second-order valence-electron chi connectivity index (χ2n) is 5.05. The molecule has 0 radical (unpaired) electrons. The van der Waals surface area contributed by atoms with Crippen LogP contribution in [0.5, 0.6) is 0 Å². The highest BCUT2D eigenvalue weighted by atomic mass is 32.2. The summed E-state index contributed by atoms with van der Waals surface area (Å²) in [6.07, 6.45) is 0. The molecule has 0 bridgehead atoms. The van der Waals surface area contributed by atoms with Gasteiger partial charge in [-0.2, -0.15) is 0 Å². The Morgan fingerprint density at radius 2 is 2.00 bits per heavy atom. The zero-order valence-electron chi connectivity index (χ0n) is 11.1. The number of thioether (sulfide) groups is 1. The fourth-order valence-corrected chi connectivity index (χ4v) is 5.52. The lowest BCUT2D eigenvalue weighted by Crippen LogP contribution is -2.15. The van der Waals surface area contributed by atoms with Crippen molar-refractivity contribution in [3.63, 3.8) is 0 Å². The quantitative estimate of drug-likeness (QED) is 0.882. The first-order valence-electron chi connectivity index (χ1n) is 6.46. The third-order valence-electron chi connectivity index (χ3n) is 3.47. The summed E-state index contributed by atoms with van der Waals surface area (Å²) in [5, 5.41) is 0. The molecular weight excluding hydrogens is 309 g/mol. The topological polar surface area (TPSA) is 60.2 Å². The summed E-state index contributed by atoms with van der Waals surface area (Å²) in [6, 6.07) is 11.2. The molecular formula is C15H14FNO2S2. The van der Waals surface area contributed by atoms with Crippen molar-refractivity contribution in [2.45, 2.75) is 15.7 Å². The third kappa shape index (κ3) is 2.91. The molecule has 0 fully saturated rings. The van der Waals surface area contributed by atoms with E-state index in [1.54, 1.807) is 11.8 Å². The summed E-state index contributed by atoms with van der Waals surface area (Å²) in [7, 11) is -3.56. The van der Waals surface area contributed by atoms with Crippen molar-refractivity contribution in [1.82, 2.24) is 0 Å². The van der Waals surface area contributed by atoms with Crippen LogP contribution < -0.4 is 5.73 Å². The molecule has 0 aromatic heterocycles. The van der Waals surface area contributed by atoms with E-state index in [1.807, 2.05) is 24.3 Å². The maximum Gasteiger partial charge on any atom is 0.179 e. The number of hydrogen-bond acceptors (Lipinski definition) is 4. The van der Waals surface area contributed by atoms with E-state index in [1.165, 1.54) is 6.07 Å². The van der Waals surface area contributed by atoms with E-state index >= 15 is 0 Å². The monoisotopic (exact) mass is 323 g/mol. The fraction of sp³-hybridized carbons (Fsp3) is 0.200. The molecule has 2 aromatic rings. The van der Waals surface area contributed by atoms with Gasteiger partial charge in [0.25, 0.3) is 0 Å². The zero-order valence-corrected chi connectivity index (χ0v) is 12.8. The number of nitrogen functional groups attached to an aromatic ring is 1. The lowest BCUT2D eigenvalue weighted by Gasteiger charge is -2.12. The van der Waals surface area contributed by atoms with Gasteiger partial charge in [-0.1, -0.05) is 18.2 Å². The van der Waals surface area contributed by atoms with Crippen LogP contribution in [0.3, 0.4) is 0 Å². The smallest absolute Gasteiger partial charge is 0.179 e. The number of nitrogens with two attached hydrogens (primary N) is 1. The van der Waals surface area contributed by atoms with Crippen LogP contribution in [0.15, 0.2) is 52.3 Å². The van der Waals surface area contributed by atoms with Gasteiger partial charge in [0.05, 0.1) is 10.6 Å². The molecule has 6 heteroatoms. The first kappa shape index (κ1) is 14.4. The number of fused-ring (bicyclic) bond motifs is 1. The second kappa shape index (κ2) is 5.35. The molecule has 2 N–H and O–H groups in total. The van der Waals surface area contributed by atoms with Crippen LogP contribution in [0, 0.1) is 5.82 Å². The lowest BCUT2D eigenvalue weighted by atomic mass is 10.0. The molecule has 0 saturated carbocycles.